The van der Waals surface area contributed by atoms with Crippen LogP contribution in [0.5, 0.6) is 0 Å². The second kappa shape index (κ2) is 41.0. The van der Waals surface area contributed by atoms with Crippen molar-refractivity contribution in [1.29, 1.82) is 0 Å². The van der Waals surface area contributed by atoms with Crippen LogP contribution in [0.3, 0.4) is 0 Å². The van der Waals surface area contributed by atoms with Crippen LogP contribution in [0.4, 0.5) is 79.0 Å². The van der Waals surface area contributed by atoms with E-state index < -0.39 is 157 Å². The molecule has 0 saturated heterocycles. The van der Waals surface area contributed by atoms with E-state index in [9.17, 15) is 117 Å². The number of carboxylic acid groups (broad SMARTS) is 3. The Labute approximate surface area is 618 Å². The number of primary amides is 1. The summed E-state index contributed by atoms with van der Waals surface area (Å²) in [6.07, 6.45) is -23.5. The second-order valence-corrected chi connectivity index (χ2v) is 25.4. The summed E-state index contributed by atoms with van der Waals surface area (Å²) in [4.78, 5) is 91.8. The molecule has 5 heterocycles. The van der Waals surface area contributed by atoms with Gasteiger partial charge in [0.2, 0.25) is 5.78 Å². The molecule has 7 aromatic rings. The number of aliphatic carboxylic acids is 3. The number of hydrogen-bond donors (Lipinski definition) is 4. The SMILES string of the molecule is CC(C)C(=O)CC(=O)C(F)(F)F.CC(C)c1cc(C(F)(F)F)n(CC(=O)C[C@@H](Cc2cc(F)cc(F)c2)c2ncccc2-c2ccc(F)c(C(N)=O)c2)n1.CC(C)c1cc(C(F)(F)F)n(CC(=O)O)n1.CC(C)c1cc(C(F)(F)F)n(CC(=O)O)n1.CC(C)c1cc(C(F)(F)F)nn1CC(=O)O.CCOC(=O)CBr. The van der Waals surface area contributed by atoms with E-state index in [1.807, 2.05) is 0 Å². The van der Waals surface area contributed by atoms with Gasteiger partial charge in [0, 0.05) is 41.8 Å². The van der Waals surface area contributed by atoms with Crippen LogP contribution >= 0.6 is 15.9 Å². The average Bonchev–Trinajstić information content (AvgIpc) is 1.34. The first-order valence-corrected chi connectivity index (χ1v) is 33.2. The Balaban J connectivity index is 0.000000499. The Bertz CT molecular complexity index is 4150. The number of esters is 1. The minimum Gasteiger partial charge on any atom is -0.480 e. The summed E-state index contributed by atoms with van der Waals surface area (Å²) >= 11 is 2.94. The van der Waals surface area contributed by atoms with Crippen LogP contribution in [0, 0.1) is 23.4 Å². The molecule has 0 saturated carbocycles. The smallest absolute Gasteiger partial charge is 0.450 e. The number of carboxylic acids is 3. The highest BCUT2D eigenvalue weighted by atomic mass is 79.9. The molecule has 0 bridgehead atoms. The molecule has 0 aliphatic carbocycles. The van der Waals surface area contributed by atoms with Crippen molar-refractivity contribution in [2.24, 2.45) is 11.7 Å². The highest BCUT2D eigenvalue weighted by Crippen LogP contribution is 2.38. The highest BCUT2D eigenvalue weighted by molar-refractivity contribution is 9.09. The number of ether oxygens (including phenoxy) is 1. The zero-order valence-corrected chi connectivity index (χ0v) is 61.2. The van der Waals surface area contributed by atoms with E-state index in [-0.39, 0.29) is 82.1 Å². The third-order valence-electron chi connectivity index (χ3n) is 14.3. The van der Waals surface area contributed by atoms with E-state index in [1.54, 1.807) is 74.4 Å². The topological polar surface area (TPSA) is 317 Å². The van der Waals surface area contributed by atoms with Gasteiger partial charge in [-0.15, -0.1) is 0 Å². The number of amides is 1. The maximum Gasteiger partial charge on any atom is 0.450 e. The van der Waals surface area contributed by atoms with Gasteiger partial charge < -0.3 is 25.8 Å². The number of nitrogens with zero attached hydrogens (tertiary/aromatic N) is 9. The molecule has 0 unspecified atom stereocenters. The number of hydrogen-bond acceptors (Lipinski definition) is 14. The van der Waals surface area contributed by atoms with E-state index in [0.717, 1.165) is 47.1 Å². The Morgan fingerprint density at radius 2 is 0.972 bits per heavy atom. The Morgan fingerprint density at radius 3 is 1.32 bits per heavy atom. The summed E-state index contributed by atoms with van der Waals surface area (Å²) in [5, 5.41) is 40.3. The van der Waals surface area contributed by atoms with Gasteiger partial charge in [-0.05, 0) is 103 Å². The molecule has 0 aliphatic rings. The molecule has 2 aromatic carbocycles. The van der Waals surface area contributed by atoms with Gasteiger partial charge in [-0.1, -0.05) is 97.3 Å². The third kappa shape index (κ3) is 31.6. The van der Waals surface area contributed by atoms with Gasteiger partial charge in [-0.25, -0.2) is 22.5 Å². The molecule has 0 radical (unpaired) electrons. The lowest BCUT2D eigenvalue weighted by molar-refractivity contribution is -0.172. The second-order valence-electron chi connectivity index (χ2n) is 24.8. The van der Waals surface area contributed by atoms with Crippen molar-refractivity contribution < 1.29 is 137 Å². The quantitative estimate of drug-likeness (QED) is 0.0189. The Morgan fingerprint density at radius 1 is 0.541 bits per heavy atom. The van der Waals surface area contributed by atoms with Crippen LogP contribution in [0.1, 0.15) is 186 Å². The van der Waals surface area contributed by atoms with Crippen LogP contribution in [0.15, 0.2) is 79.0 Å². The van der Waals surface area contributed by atoms with Gasteiger partial charge in [0.25, 0.3) is 5.91 Å². The van der Waals surface area contributed by atoms with Gasteiger partial charge in [-0.3, -0.25) is 52.7 Å². The van der Waals surface area contributed by atoms with Gasteiger partial charge in [0.15, 0.2) is 11.5 Å². The van der Waals surface area contributed by atoms with Crippen LogP contribution in [0.2, 0.25) is 0 Å². The normalized spacial score (nSPS) is 12.0. The number of ketones is 3. The van der Waals surface area contributed by atoms with Crippen LogP contribution in [0.25, 0.3) is 11.1 Å². The standard InChI is InChI=1S/C30H26F6N4O2.3C9H11F3N2O2.C7H9F3O2.C4H7BrO2/c1-16(2)26-14-27(30(34,35)36)40(39-26)15-22(41)11-19(8-17-9-20(31)13-21(32)10-17)28-23(4-3-7-38-28)18-5-6-25(33)24(12-18)29(37)42;1-5(2)6-3-7(9(10,11)12)13-14(6)4-8(15)16;2*1-5(2)6-3-7(9(10,11)12)14(13-6)4-8(15)16;1-4(2)5(11)3-6(12)7(8,9)10;1-2-7-4(6)3-5/h3-7,9-10,12-14,16,19H,8,11,15H2,1-2H3,(H2,37,42);3*3,5H,4H2,1-2H3,(H,15,16);4H,3H2,1-2H3;2-3H2,1H3/t19-;;;;;/m1...../s1. The van der Waals surface area contributed by atoms with Crippen LogP contribution in [-0.4, -0.2) is 125 Å². The predicted octanol–water partition coefficient (Wildman–Crippen LogP) is 15.6. The molecule has 0 fully saturated rings. The predicted molar refractivity (Wildman–Crippen MR) is 355 cm³/mol. The number of benzene rings is 2. The van der Waals surface area contributed by atoms with Crippen molar-refractivity contribution >= 4 is 63.1 Å². The monoisotopic (exact) mass is 1640 g/mol. The zero-order valence-electron chi connectivity index (χ0n) is 59.6. The average molecular weight is 1650 g/mol. The number of Topliss-reactive ketones (excluding diaryl/α,β-unsaturated/α-hetero) is 3. The largest absolute Gasteiger partial charge is 0.480 e. The van der Waals surface area contributed by atoms with Gasteiger partial charge >= 0.3 is 54.8 Å². The van der Waals surface area contributed by atoms with E-state index in [4.69, 9.17) is 21.1 Å². The van der Waals surface area contributed by atoms with E-state index >= 15 is 0 Å². The number of rotatable bonds is 24. The van der Waals surface area contributed by atoms with E-state index in [2.05, 4.69) is 46.0 Å². The van der Waals surface area contributed by atoms with Crippen molar-refractivity contribution in [2.45, 2.75) is 182 Å². The number of alkyl halides is 16. The fraction of sp³-hybridized carbons (Fsp3) is 0.456. The fourth-order valence-electron chi connectivity index (χ4n) is 9.06. The number of carbonyl (C=O) groups is 8. The maximum absolute atomic E-state index is 14.2. The first-order chi connectivity index (χ1) is 49.9. The number of nitrogens with two attached hydrogens (primary N) is 1. The summed E-state index contributed by atoms with van der Waals surface area (Å²) in [6.45, 7) is 15.7. The van der Waals surface area contributed by atoms with Gasteiger partial charge in [0.1, 0.15) is 71.8 Å². The molecule has 0 spiro atoms. The molecule has 41 heteroatoms. The minimum atomic E-state index is -4.88. The summed E-state index contributed by atoms with van der Waals surface area (Å²) in [5.41, 5.74) is 2.71. The third-order valence-corrected chi connectivity index (χ3v) is 14.7. The fourth-order valence-corrected chi connectivity index (χ4v) is 9.23. The van der Waals surface area contributed by atoms with Crippen LogP contribution < -0.4 is 5.73 Å². The van der Waals surface area contributed by atoms with Crippen molar-refractivity contribution in [2.75, 3.05) is 11.9 Å². The Hall–Kier alpha value is -9.99. The maximum atomic E-state index is 14.2. The lowest BCUT2D eigenvalue weighted by Gasteiger charge is -2.20. The highest BCUT2D eigenvalue weighted by Gasteiger charge is 2.41. The van der Waals surface area contributed by atoms with Crippen molar-refractivity contribution in [3.8, 4) is 11.1 Å². The number of aromatic nitrogens is 9. The molecule has 5 aromatic heterocycles. The lowest BCUT2D eigenvalue weighted by atomic mass is 9.86. The Kier molecular flexibility index (Phi) is 35.8. The number of pyridine rings is 1. The molecule has 0 aliphatic heterocycles. The first-order valence-electron chi connectivity index (χ1n) is 32.0. The molecular formula is C68H75BrF18N10O12. The summed E-state index contributed by atoms with van der Waals surface area (Å²) in [7, 11) is 0. The molecule has 5 N–H and O–H groups in total. The molecule has 22 nitrogen and oxygen atoms in total. The lowest BCUT2D eigenvalue weighted by Crippen LogP contribution is -2.26. The van der Waals surface area contributed by atoms with Gasteiger partial charge in [0.05, 0.1) is 41.4 Å². The number of carbonyl (C=O) groups excluding carboxylic acids is 5. The van der Waals surface area contributed by atoms with E-state index in [1.165, 1.54) is 32.2 Å². The molecule has 109 heavy (non-hydrogen) atoms. The molecule has 7 rings (SSSR count). The van der Waals surface area contributed by atoms with Crippen molar-refractivity contribution in [3.63, 3.8) is 0 Å². The summed E-state index contributed by atoms with van der Waals surface area (Å²) in [6, 6.07) is 13.2. The summed E-state index contributed by atoms with van der Waals surface area (Å²) < 4.78 is 237. The molecule has 1 amide bonds. The van der Waals surface area contributed by atoms with Gasteiger partial charge in [-0.2, -0.15) is 86.3 Å². The first kappa shape index (κ1) is 95.1. The molecule has 602 valence electrons. The molecular weight excluding hydrogens is 1570 g/mol. The van der Waals surface area contributed by atoms with E-state index in [0.29, 0.717) is 43.2 Å². The van der Waals surface area contributed by atoms with Crippen molar-refractivity contribution in [3.05, 3.63) is 159 Å². The van der Waals surface area contributed by atoms with Crippen LogP contribution in [-0.2, 0) is 95.6 Å². The minimum absolute atomic E-state index is 0.114. The zero-order chi connectivity index (χ0) is 83.9. The van der Waals surface area contributed by atoms with Crippen molar-refractivity contribution in [1.82, 2.24) is 44.1 Å². The summed E-state index contributed by atoms with van der Waals surface area (Å²) in [5.74, 6) is -13.3. The molecule has 1 atom stereocenters. The number of halogens is 19.